The summed E-state index contributed by atoms with van der Waals surface area (Å²) in [6.45, 7) is 8.96. The molecule has 1 heteroatoms. The van der Waals surface area contributed by atoms with Crippen LogP contribution in [-0.4, -0.2) is 11.2 Å². The van der Waals surface area contributed by atoms with Crippen molar-refractivity contribution in [2.45, 2.75) is 53.1 Å². The van der Waals surface area contributed by atoms with Crippen LogP contribution in [0.4, 0.5) is 0 Å². The third kappa shape index (κ3) is 2.98. The Labute approximate surface area is 82.5 Å². The molecule has 1 saturated carbocycles. The zero-order valence-corrected chi connectivity index (χ0v) is 9.46. The molecule has 1 aliphatic carbocycles. The molecule has 1 fully saturated rings. The summed E-state index contributed by atoms with van der Waals surface area (Å²) < 4.78 is 0. The van der Waals surface area contributed by atoms with E-state index in [9.17, 15) is 5.11 Å². The summed E-state index contributed by atoms with van der Waals surface area (Å²) in [7, 11) is 0. The monoisotopic (exact) mass is 184 g/mol. The van der Waals surface area contributed by atoms with E-state index in [4.69, 9.17) is 0 Å². The molecule has 0 aromatic heterocycles. The Morgan fingerprint density at radius 2 is 1.62 bits per heavy atom. The Bertz CT molecular complexity index is 141. The number of hydrogen-bond donors (Lipinski definition) is 1. The summed E-state index contributed by atoms with van der Waals surface area (Å²) in [6.07, 6.45) is 3.73. The number of aliphatic hydroxyl groups excluding tert-OH is 1. The first kappa shape index (κ1) is 11.0. The molecule has 2 unspecified atom stereocenters. The van der Waals surface area contributed by atoms with Gasteiger partial charge >= 0.3 is 0 Å². The molecule has 0 radical (unpaired) electrons. The molecule has 0 aromatic rings. The van der Waals surface area contributed by atoms with Crippen LogP contribution in [0.25, 0.3) is 0 Å². The lowest BCUT2D eigenvalue weighted by molar-refractivity contribution is 0.00741. The topological polar surface area (TPSA) is 20.2 Å². The van der Waals surface area contributed by atoms with Crippen LogP contribution in [0.2, 0.25) is 0 Å². The fraction of sp³-hybridized carbons (Fsp3) is 1.00. The van der Waals surface area contributed by atoms with Gasteiger partial charge in [0.25, 0.3) is 0 Å². The summed E-state index contributed by atoms with van der Waals surface area (Å²) in [4.78, 5) is 0. The highest BCUT2D eigenvalue weighted by Gasteiger charge is 2.31. The maximum Gasteiger partial charge on any atom is 0.0591 e. The van der Waals surface area contributed by atoms with E-state index in [1.54, 1.807) is 0 Å². The molecular formula is C12H24O. The lowest BCUT2D eigenvalue weighted by Gasteiger charge is -2.36. The Kier molecular flexibility index (Phi) is 3.78. The molecular weight excluding hydrogens is 160 g/mol. The maximum absolute atomic E-state index is 9.80. The van der Waals surface area contributed by atoms with Gasteiger partial charge in [-0.25, -0.2) is 0 Å². The van der Waals surface area contributed by atoms with E-state index in [0.29, 0.717) is 11.8 Å². The third-order valence-electron chi connectivity index (χ3n) is 3.38. The zero-order valence-electron chi connectivity index (χ0n) is 9.46. The first-order valence-electron chi connectivity index (χ1n) is 5.68. The minimum absolute atomic E-state index is 0.0524. The molecule has 1 aliphatic rings. The van der Waals surface area contributed by atoms with Crippen LogP contribution in [0.1, 0.15) is 47.0 Å². The second kappa shape index (κ2) is 4.45. The minimum Gasteiger partial charge on any atom is -0.393 e. The van der Waals surface area contributed by atoms with Gasteiger partial charge in [0.1, 0.15) is 0 Å². The lowest BCUT2D eigenvalue weighted by Crippen LogP contribution is -2.34. The molecule has 0 aliphatic heterocycles. The Morgan fingerprint density at radius 1 is 1.15 bits per heavy atom. The van der Waals surface area contributed by atoms with Crippen molar-refractivity contribution in [3.8, 4) is 0 Å². The van der Waals surface area contributed by atoms with Crippen molar-refractivity contribution in [2.24, 2.45) is 23.7 Å². The summed E-state index contributed by atoms with van der Waals surface area (Å²) >= 11 is 0. The minimum atomic E-state index is -0.0524. The molecule has 1 rings (SSSR count). The van der Waals surface area contributed by atoms with Crippen molar-refractivity contribution in [3.05, 3.63) is 0 Å². The maximum atomic E-state index is 9.80. The van der Waals surface area contributed by atoms with Crippen LogP contribution in [0.15, 0.2) is 0 Å². The molecule has 1 nitrogen and oxygen atoms in total. The number of rotatable bonds is 2. The van der Waals surface area contributed by atoms with Crippen molar-refractivity contribution < 1.29 is 5.11 Å². The van der Waals surface area contributed by atoms with Gasteiger partial charge in [0.2, 0.25) is 0 Å². The molecule has 0 amide bonds. The highest BCUT2D eigenvalue weighted by atomic mass is 16.3. The van der Waals surface area contributed by atoms with E-state index in [1.165, 1.54) is 19.3 Å². The quantitative estimate of drug-likeness (QED) is 0.699. The zero-order chi connectivity index (χ0) is 10.0. The van der Waals surface area contributed by atoms with Crippen molar-refractivity contribution >= 4 is 0 Å². The normalized spacial score (nSPS) is 41.1. The summed E-state index contributed by atoms with van der Waals surface area (Å²) in [5, 5.41) is 9.80. The predicted octanol–water partition coefficient (Wildman–Crippen LogP) is 3.08. The molecule has 0 saturated heterocycles. The van der Waals surface area contributed by atoms with Gasteiger partial charge in [-0.15, -0.1) is 0 Å². The van der Waals surface area contributed by atoms with Crippen LogP contribution < -0.4 is 0 Å². The van der Waals surface area contributed by atoms with Gasteiger partial charge in [-0.1, -0.05) is 27.7 Å². The second-order valence-corrected chi connectivity index (χ2v) is 5.41. The summed E-state index contributed by atoms with van der Waals surface area (Å²) in [6, 6.07) is 0. The molecule has 78 valence electrons. The molecule has 0 spiro atoms. The smallest absolute Gasteiger partial charge is 0.0591 e. The lowest BCUT2D eigenvalue weighted by atomic mass is 9.72. The Morgan fingerprint density at radius 3 is 2.00 bits per heavy atom. The first-order chi connectivity index (χ1) is 6.00. The highest BCUT2D eigenvalue weighted by molar-refractivity contribution is 4.82. The number of aliphatic hydroxyl groups is 1. The SMILES string of the molecule is CC(C)CC1CC(C)C(O)C(C)C1. The molecule has 0 bridgehead atoms. The molecule has 0 heterocycles. The van der Waals surface area contributed by atoms with E-state index in [2.05, 4.69) is 27.7 Å². The van der Waals surface area contributed by atoms with Crippen LogP contribution in [0, 0.1) is 23.7 Å². The van der Waals surface area contributed by atoms with Crippen LogP contribution in [0.5, 0.6) is 0 Å². The molecule has 1 N–H and O–H groups in total. The summed E-state index contributed by atoms with van der Waals surface area (Å²) in [5.74, 6) is 2.67. The third-order valence-corrected chi connectivity index (χ3v) is 3.38. The van der Waals surface area contributed by atoms with Gasteiger partial charge in [-0.3, -0.25) is 0 Å². The van der Waals surface area contributed by atoms with Gasteiger partial charge in [-0.05, 0) is 42.9 Å². The number of hydrogen-bond acceptors (Lipinski definition) is 1. The van der Waals surface area contributed by atoms with Gasteiger partial charge < -0.3 is 5.11 Å². The Hall–Kier alpha value is -0.0400. The van der Waals surface area contributed by atoms with Gasteiger partial charge in [0, 0.05) is 0 Å². The van der Waals surface area contributed by atoms with Crippen LogP contribution >= 0.6 is 0 Å². The highest BCUT2D eigenvalue weighted by Crippen LogP contribution is 2.36. The van der Waals surface area contributed by atoms with Gasteiger partial charge in [0.15, 0.2) is 0 Å². The standard InChI is InChI=1S/C12H24O/c1-8(2)5-11-6-9(3)12(13)10(4)7-11/h8-13H,5-7H2,1-4H3. The fourth-order valence-electron chi connectivity index (χ4n) is 2.85. The first-order valence-corrected chi connectivity index (χ1v) is 5.68. The van der Waals surface area contributed by atoms with E-state index >= 15 is 0 Å². The van der Waals surface area contributed by atoms with E-state index in [-0.39, 0.29) is 6.10 Å². The van der Waals surface area contributed by atoms with Crippen molar-refractivity contribution in [3.63, 3.8) is 0 Å². The van der Waals surface area contributed by atoms with E-state index in [1.807, 2.05) is 0 Å². The van der Waals surface area contributed by atoms with Crippen molar-refractivity contribution in [1.82, 2.24) is 0 Å². The average Bonchev–Trinajstić information content (AvgIpc) is 1.98. The predicted molar refractivity (Wildman–Crippen MR) is 56.5 cm³/mol. The Balaban J connectivity index is 2.44. The van der Waals surface area contributed by atoms with Gasteiger partial charge in [0.05, 0.1) is 6.10 Å². The second-order valence-electron chi connectivity index (χ2n) is 5.41. The fourth-order valence-corrected chi connectivity index (χ4v) is 2.85. The van der Waals surface area contributed by atoms with Crippen LogP contribution in [-0.2, 0) is 0 Å². The van der Waals surface area contributed by atoms with Crippen molar-refractivity contribution in [2.75, 3.05) is 0 Å². The van der Waals surface area contributed by atoms with Gasteiger partial charge in [-0.2, -0.15) is 0 Å². The van der Waals surface area contributed by atoms with Crippen molar-refractivity contribution in [1.29, 1.82) is 0 Å². The van der Waals surface area contributed by atoms with E-state index in [0.717, 1.165) is 11.8 Å². The van der Waals surface area contributed by atoms with Crippen LogP contribution in [0.3, 0.4) is 0 Å². The molecule has 0 aromatic carbocycles. The molecule has 13 heavy (non-hydrogen) atoms. The van der Waals surface area contributed by atoms with E-state index < -0.39 is 0 Å². The summed E-state index contributed by atoms with van der Waals surface area (Å²) in [5.41, 5.74) is 0. The average molecular weight is 184 g/mol. The largest absolute Gasteiger partial charge is 0.393 e. The molecule has 2 atom stereocenters.